The van der Waals surface area contributed by atoms with Crippen LogP contribution in [0.5, 0.6) is 0 Å². The van der Waals surface area contributed by atoms with Crippen molar-refractivity contribution < 1.29 is 4.39 Å². The molecule has 0 aliphatic heterocycles. The van der Waals surface area contributed by atoms with Crippen LogP contribution in [0.2, 0.25) is 5.02 Å². The number of imidazole rings is 1. The molecule has 2 aromatic rings. The number of fused-ring (bicyclic) bond motifs is 1. The van der Waals surface area contributed by atoms with E-state index in [2.05, 4.69) is 23.4 Å². The predicted octanol–water partition coefficient (Wildman–Crippen LogP) is 5.05. The van der Waals surface area contributed by atoms with Crippen LogP contribution in [0.1, 0.15) is 32.5 Å². The molecule has 0 atom stereocenters. The quantitative estimate of drug-likeness (QED) is 0.682. The fraction of sp³-hybridized carbons (Fsp3) is 0.533. The third-order valence-electron chi connectivity index (χ3n) is 3.78. The summed E-state index contributed by atoms with van der Waals surface area (Å²) in [5.41, 5.74) is 1.54. The Labute approximate surface area is 128 Å². The molecule has 0 amide bonds. The van der Waals surface area contributed by atoms with Gasteiger partial charge in [-0.1, -0.05) is 38.3 Å². The Morgan fingerprint density at radius 2 is 2.00 bits per heavy atom. The van der Waals surface area contributed by atoms with Crippen LogP contribution in [0, 0.1) is 11.7 Å². The predicted molar refractivity (Wildman–Crippen MR) is 83.2 cm³/mol. The number of hydrogen-bond donors (Lipinski definition) is 0. The van der Waals surface area contributed by atoms with E-state index >= 15 is 0 Å². The van der Waals surface area contributed by atoms with Crippen LogP contribution in [0.15, 0.2) is 12.1 Å². The average Bonchev–Trinajstić information content (AvgIpc) is 2.74. The number of aryl methyl sites for hydroxylation is 1. The van der Waals surface area contributed by atoms with Gasteiger partial charge in [-0.25, -0.2) is 9.37 Å². The molecule has 0 radical (unpaired) electrons. The fourth-order valence-corrected chi connectivity index (χ4v) is 2.78. The molecule has 0 N–H and O–H groups in total. The summed E-state index contributed by atoms with van der Waals surface area (Å²) in [6.45, 7) is 5.24. The summed E-state index contributed by atoms with van der Waals surface area (Å²) >= 11 is 11.8. The van der Waals surface area contributed by atoms with E-state index in [4.69, 9.17) is 23.2 Å². The standard InChI is InChI=1S/C15H19Cl2FN2/c1-3-10(4-2)9-20-14-7-11(17)12(18)8-13(14)19-15(20)5-6-16/h7-8,10H,3-6,9H2,1-2H3. The van der Waals surface area contributed by atoms with Crippen molar-refractivity contribution in [2.45, 2.75) is 39.7 Å². The second-order valence-corrected chi connectivity index (χ2v) is 5.80. The lowest BCUT2D eigenvalue weighted by Crippen LogP contribution is -2.12. The molecule has 0 bridgehead atoms. The highest BCUT2D eigenvalue weighted by Crippen LogP contribution is 2.26. The van der Waals surface area contributed by atoms with Crippen LogP contribution in [-0.2, 0) is 13.0 Å². The maximum Gasteiger partial charge on any atom is 0.144 e. The highest BCUT2D eigenvalue weighted by atomic mass is 35.5. The van der Waals surface area contributed by atoms with E-state index in [0.29, 0.717) is 23.7 Å². The Hall–Kier alpha value is -0.800. The highest BCUT2D eigenvalue weighted by molar-refractivity contribution is 6.31. The maximum atomic E-state index is 13.6. The normalized spacial score (nSPS) is 11.7. The molecule has 1 aromatic carbocycles. The van der Waals surface area contributed by atoms with Gasteiger partial charge in [-0.3, -0.25) is 0 Å². The molecule has 110 valence electrons. The van der Waals surface area contributed by atoms with Crippen molar-refractivity contribution in [1.29, 1.82) is 0 Å². The Kier molecular flexibility index (Phi) is 5.28. The Balaban J connectivity index is 2.52. The zero-order valence-corrected chi connectivity index (χ0v) is 13.3. The minimum atomic E-state index is -0.427. The molecular formula is C15H19Cl2FN2. The van der Waals surface area contributed by atoms with Crippen molar-refractivity contribution in [3.8, 4) is 0 Å². The van der Waals surface area contributed by atoms with E-state index in [-0.39, 0.29) is 5.02 Å². The van der Waals surface area contributed by atoms with Gasteiger partial charge in [-0.15, -0.1) is 11.6 Å². The SMILES string of the molecule is CCC(CC)Cn1c(CCCl)nc2cc(F)c(Cl)cc21. The molecule has 0 aliphatic rings. The molecule has 2 rings (SSSR count). The molecule has 1 heterocycles. The Bertz CT molecular complexity index is 591. The van der Waals surface area contributed by atoms with Crippen molar-refractivity contribution in [3.63, 3.8) is 0 Å². The van der Waals surface area contributed by atoms with E-state index in [0.717, 1.165) is 30.7 Å². The molecule has 0 unspecified atom stereocenters. The van der Waals surface area contributed by atoms with Crippen molar-refractivity contribution in [2.24, 2.45) is 5.92 Å². The van der Waals surface area contributed by atoms with Gasteiger partial charge in [-0.05, 0) is 12.0 Å². The molecular weight excluding hydrogens is 298 g/mol. The minimum absolute atomic E-state index is 0.139. The number of alkyl halides is 1. The Morgan fingerprint density at radius 3 is 2.60 bits per heavy atom. The highest BCUT2D eigenvalue weighted by Gasteiger charge is 2.15. The van der Waals surface area contributed by atoms with Crippen LogP contribution in [0.25, 0.3) is 11.0 Å². The van der Waals surface area contributed by atoms with E-state index in [1.54, 1.807) is 6.07 Å². The first-order chi connectivity index (χ1) is 9.60. The molecule has 0 fully saturated rings. The van der Waals surface area contributed by atoms with Crippen molar-refractivity contribution >= 4 is 34.2 Å². The van der Waals surface area contributed by atoms with Gasteiger partial charge in [0.25, 0.3) is 0 Å². The van der Waals surface area contributed by atoms with Gasteiger partial charge in [0.05, 0.1) is 16.1 Å². The van der Waals surface area contributed by atoms with E-state index < -0.39 is 5.82 Å². The molecule has 2 nitrogen and oxygen atoms in total. The lowest BCUT2D eigenvalue weighted by molar-refractivity contribution is 0.417. The van der Waals surface area contributed by atoms with E-state index in [1.165, 1.54) is 6.07 Å². The number of rotatable bonds is 6. The van der Waals surface area contributed by atoms with Gasteiger partial charge >= 0.3 is 0 Å². The second-order valence-electron chi connectivity index (χ2n) is 5.02. The molecule has 1 aromatic heterocycles. The largest absolute Gasteiger partial charge is 0.328 e. The lowest BCUT2D eigenvalue weighted by atomic mass is 10.0. The fourth-order valence-electron chi connectivity index (χ4n) is 2.45. The molecule has 0 spiro atoms. The zero-order valence-electron chi connectivity index (χ0n) is 11.8. The molecule has 20 heavy (non-hydrogen) atoms. The first-order valence-corrected chi connectivity index (χ1v) is 7.92. The number of nitrogens with zero attached hydrogens (tertiary/aromatic N) is 2. The number of halogens is 3. The molecule has 0 saturated heterocycles. The molecule has 5 heteroatoms. The maximum absolute atomic E-state index is 13.6. The first-order valence-electron chi connectivity index (χ1n) is 7.00. The topological polar surface area (TPSA) is 17.8 Å². The van der Waals surface area contributed by atoms with Crippen LogP contribution in [-0.4, -0.2) is 15.4 Å². The summed E-state index contributed by atoms with van der Waals surface area (Å²) in [5, 5.41) is 0.139. The van der Waals surface area contributed by atoms with E-state index in [9.17, 15) is 4.39 Å². The number of aromatic nitrogens is 2. The average molecular weight is 317 g/mol. The van der Waals surface area contributed by atoms with Gasteiger partial charge in [-0.2, -0.15) is 0 Å². The van der Waals surface area contributed by atoms with Gasteiger partial charge < -0.3 is 4.57 Å². The van der Waals surface area contributed by atoms with Gasteiger partial charge in [0.2, 0.25) is 0 Å². The van der Waals surface area contributed by atoms with Gasteiger partial charge in [0.1, 0.15) is 11.6 Å². The summed E-state index contributed by atoms with van der Waals surface area (Å²) in [6, 6.07) is 3.07. The van der Waals surface area contributed by atoms with E-state index in [1.807, 2.05) is 0 Å². The summed E-state index contributed by atoms with van der Waals surface area (Å²) in [5.74, 6) is 1.56. The number of hydrogen-bond acceptors (Lipinski definition) is 1. The van der Waals surface area contributed by atoms with Crippen LogP contribution >= 0.6 is 23.2 Å². The summed E-state index contributed by atoms with van der Waals surface area (Å²) in [4.78, 5) is 4.51. The Morgan fingerprint density at radius 1 is 1.30 bits per heavy atom. The molecule has 0 saturated carbocycles. The van der Waals surface area contributed by atoms with Crippen molar-refractivity contribution in [1.82, 2.24) is 9.55 Å². The van der Waals surface area contributed by atoms with Crippen molar-refractivity contribution in [2.75, 3.05) is 5.88 Å². The minimum Gasteiger partial charge on any atom is -0.328 e. The monoisotopic (exact) mass is 316 g/mol. The lowest BCUT2D eigenvalue weighted by Gasteiger charge is -2.16. The van der Waals surface area contributed by atoms with Gasteiger partial charge in [0, 0.05) is 24.9 Å². The number of benzene rings is 1. The summed E-state index contributed by atoms with van der Waals surface area (Å²) in [7, 11) is 0. The second kappa shape index (κ2) is 6.77. The summed E-state index contributed by atoms with van der Waals surface area (Å²) < 4.78 is 15.7. The third-order valence-corrected chi connectivity index (χ3v) is 4.26. The van der Waals surface area contributed by atoms with Gasteiger partial charge in [0.15, 0.2) is 0 Å². The van der Waals surface area contributed by atoms with Crippen molar-refractivity contribution in [3.05, 3.63) is 28.8 Å². The third kappa shape index (κ3) is 3.09. The van der Waals surface area contributed by atoms with Crippen LogP contribution in [0.4, 0.5) is 4.39 Å². The van der Waals surface area contributed by atoms with Crippen LogP contribution in [0.3, 0.4) is 0 Å². The smallest absolute Gasteiger partial charge is 0.144 e. The first kappa shape index (κ1) is 15.6. The zero-order chi connectivity index (χ0) is 14.7. The molecule has 0 aliphatic carbocycles. The van der Waals surface area contributed by atoms with Crippen LogP contribution < -0.4 is 0 Å². The summed E-state index contributed by atoms with van der Waals surface area (Å²) in [6.07, 6.45) is 2.88.